The number of benzene rings is 2. The minimum absolute atomic E-state index is 0.846. The van der Waals surface area contributed by atoms with Gasteiger partial charge in [0.2, 0.25) is 0 Å². The van der Waals surface area contributed by atoms with E-state index in [-0.39, 0.29) is 0 Å². The molecule has 2 nitrogen and oxygen atoms in total. The molecule has 21 heavy (non-hydrogen) atoms. The predicted molar refractivity (Wildman–Crippen MR) is 86.9 cm³/mol. The Morgan fingerprint density at radius 1 is 1.00 bits per heavy atom. The third-order valence-electron chi connectivity index (χ3n) is 4.63. The van der Waals surface area contributed by atoms with E-state index in [1.807, 2.05) is 0 Å². The molecule has 0 radical (unpaired) electrons. The molecule has 2 aromatic rings. The van der Waals surface area contributed by atoms with Gasteiger partial charge in [0.25, 0.3) is 0 Å². The fourth-order valence-electron chi connectivity index (χ4n) is 3.40. The molecule has 0 spiro atoms. The van der Waals surface area contributed by atoms with Crippen LogP contribution in [0.5, 0.6) is 0 Å². The van der Waals surface area contributed by atoms with Gasteiger partial charge in [0.05, 0.1) is 0 Å². The normalized spacial score (nSPS) is 13.9. The zero-order valence-corrected chi connectivity index (χ0v) is 12.9. The Balaban J connectivity index is 2.31. The highest BCUT2D eigenvalue weighted by atomic mass is 16.1. The second-order valence-corrected chi connectivity index (χ2v) is 5.91. The molecule has 0 aromatic heterocycles. The average molecular weight is 279 g/mol. The number of fused-ring (bicyclic) bond motifs is 1. The van der Waals surface area contributed by atoms with E-state index in [2.05, 4.69) is 50.4 Å². The van der Waals surface area contributed by atoms with Crippen LogP contribution in [-0.2, 0) is 13.0 Å². The zero-order valence-electron chi connectivity index (χ0n) is 12.9. The van der Waals surface area contributed by atoms with Crippen molar-refractivity contribution in [1.82, 2.24) is 5.32 Å². The molecule has 3 rings (SSSR count). The number of aldehydes is 1. The van der Waals surface area contributed by atoms with Crippen molar-refractivity contribution in [3.63, 3.8) is 0 Å². The maximum absolute atomic E-state index is 11.7. The van der Waals surface area contributed by atoms with Crippen molar-refractivity contribution in [2.45, 2.75) is 33.7 Å². The van der Waals surface area contributed by atoms with Crippen LogP contribution in [0, 0.1) is 20.8 Å². The standard InChI is InChI=1S/C19H21NO/c1-12-4-6-15(7-5-12)19-14(3)16-8-9-20-10-17(16)13(2)18(19)11-21/h4-7,11,20H,8-10H2,1-3H3. The molecule has 0 fully saturated rings. The summed E-state index contributed by atoms with van der Waals surface area (Å²) in [6.07, 6.45) is 2.06. The van der Waals surface area contributed by atoms with Gasteiger partial charge in [-0.15, -0.1) is 0 Å². The molecule has 1 aliphatic heterocycles. The lowest BCUT2D eigenvalue weighted by Gasteiger charge is -2.26. The Labute approximate surface area is 126 Å². The summed E-state index contributed by atoms with van der Waals surface area (Å²) in [5.41, 5.74) is 9.48. The maximum Gasteiger partial charge on any atom is 0.150 e. The van der Waals surface area contributed by atoms with Crippen molar-refractivity contribution in [3.8, 4) is 11.1 Å². The second-order valence-electron chi connectivity index (χ2n) is 5.91. The van der Waals surface area contributed by atoms with Gasteiger partial charge in [-0.05, 0) is 67.1 Å². The van der Waals surface area contributed by atoms with Gasteiger partial charge in [0.1, 0.15) is 0 Å². The highest BCUT2D eigenvalue weighted by Crippen LogP contribution is 2.35. The van der Waals surface area contributed by atoms with E-state index in [9.17, 15) is 4.79 Å². The quantitative estimate of drug-likeness (QED) is 0.849. The van der Waals surface area contributed by atoms with Crippen LogP contribution in [-0.4, -0.2) is 12.8 Å². The van der Waals surface area contributed by atoms with E-state index < -0.39 is 0 Å². The first-order valence-electron chi connectivity index (χ1n) is 7.51. The maximum atomic E-state index is 11.7. The summed E-state index contributed by atoms with van der Waals surface area (Å²) in [5, 5.41) is 3.41. The number of hydrogen-bond donors (Lipinski definition) is 1. The minimum Gasteiger partial charge on any atom is -0.312 e. The highest BCUT2D eigenvalue weighted by Gasteiger charge is 2.21. The third kappa shape index (κ3) is 2.30. The van der Waals surface area contributed by atoms with E-state index in [1.165, 1.54) is 22.3 Å². The van der Waals surface area contributed by atoms with Crippen molar-refractivity contribution in [2.75, 3.05) is 6.54 Å². The van der Waals surface area contributed by atoms with Gasteiger partial charge in [-0.2, -0.15) is 0 Å². The molecule has 0 unspecified atom stereocenters. The van der Waals surface area contributed by atoms with Gasteiger partial charge >= 0.3 is 0 Å². The topological polar surface area (TPSA) is 29.1 Å². The van der Waals surface area contributed by atoms with Crippen LogP contribution in [0.25, 0.3) is 11.1 Å². The Morgan fingerprint density at radius 3 is 2.38 bits per heavy atom. The van der Waals surface area contributed by atoms with Gasteiger partial charge in [0, 0.05) is 12.1 Å². The number of hydrogen-bond acceptors (Lipinski definition) is 2. The first kappa shape index (κ1) is 14.0. The minimum atomic E-state index is 0.846. The van der Waals surface area contributed by atoms with Crippen LogP contribution in [0.3, 0.4) is 0 Å². The smallest absolute Gasteiger partial charge is 0.150 e. The molecule has 1 heterocycles. The van der Waals surface area contributed by atoms with Crippen molar-refractivity contribution in [2.24, 2.45) is 0 Å². The second kappa shape index (κ2) is 5.45. The number of aryl methyl sites for hydroxylation is 1. The van der Waals surface area contributed by atoms with Gasteiger partial charge in [-0.25, -0.2) is 0 Å². The Morgan fingerprint density at radius 2 is 1.71 bits per heavy atom. The molecule has 2 aromatic carbocycles. The first-order chi connectivity index (χ1) is 10.1. The van der Waals surface area contributed by atoms with Crippen molar-refractivity contribution >= 4 is 6.29 Å². The Bertz CT molecular complexity index is 699. The SMILES string of the molecule is Cc1ccc(-c2c(C)c3c(c(C)c2C=O)CNCC3)cc1. The fraction of sp³-hybridized carbons (Fsp3) is 0.316. The monoisotopic (exact) mass is 279 g/mol. The van der Waals surface area contributed by atoms with E-state index in [4.69, 9.17) is 0 Å². The molecule has 2 heteroatoms. The molecule has 0 bridgehead atoms. The number of nitrogens with one attached hydrogen (secondary N) is 1. The molecule has 108 valence electrons. The molecule has 0 saturated heterocycles. The fourth-order valence-corrected chi connectivity index (χ4v) is 3.40. The van der Waals surface area contributed by atoms with E-state index in [0.29, 0.717) is 0 Å². The molecule has 0 atom stereocenters. The predicted octanol–water partition coefficient (Wildman–Crippen LogP) is 3.74. The van der Waals surface area contributed by atoms with Crippen LogP contribution in [0.4, 0.5) is 0 Å². The van der Waals surface area contributed by atoms with Gasteiger partial charge < -0.3 is 5.32 Å². The third-order valence-corrected chi connectivity index (χ3v) is 4.63. The molecular formula is C19H21NO. The van der Waals surface area contributed by atoms with Crippen LogP contribution in [0.15, 0.2) is 24.3 Å². The number of carbonyl (C=O) groups is 1. The Kier molecular flexibility index (Phi) is 3.64. The van der Waals surface area contributed by atoms with Gasteiger partial charge in [0.15, 0.2) is 6.29 Å². The van der Waals surface area contributed by atoms with Crippen LogP contribution < -0.4 is 5.32 Å². The van der Waals surface area contributed by atoms with Crippen molar-refractivity contribution < 1.29 is 4.79 Å². The summed E-state index contributed by atoms with van der Waals surface area (Å²) in [7, 11) is 0. The summed E-state index contributed by atoms with van der Waals surface area (Å²) < 4.78 is 0. The summed E-state index contributed by atoms with van der Waals surface area (Å²) >= 11 is 0. The van der Waals surface area contributed by atoms with Crippen LogP contribution in [0.1, 0.15) is 38.2 Å². The highest BCUT2D eigenvalue weighted by molar-refractivity contribution is 5.92. The van der Waals surface area contributed by atoms with E-state index >= 15 is 0 Å². The number of carbonyl (C=O) groups excluding carboxylic acids is 1. The zero-order chi connectivity index (χ0) is 15.0. The molecule has 0 amide bonds. The first-order valence-corrected chi connectivity index (χ1v) is 7.51. The van der Waals surface area contributed by atoms with Crippen LogP contribution in [0.2, 0.25) is 0 Å². The lowest BCUT2D eigenvalue weighted by molar-refractivity contribution is 0.112. The Hall–Kier alpha value is -1.93. The summed E-state index contributed by atoms with van der Waals surface area (Å²) in [4.78, 5) is 11.7. The molecule has 1 N–H and O–H groups in total. The van der Waals surface area contributed by atoms with E-state index in [0.717, 1.165) is 48.1 Å². The van der Waals surface area contributed by atoms with Gasteiger partial charge in [-0.1, -0.05) is 29.8 Å². The molecule has 1 aliphatic rings. The summed E-state index contributed by atoms with van der Waals surface area (Å²) in [5.74, 6) is 0. The number of rotatable bonds is 2. The van der Waals surface area contributed by atoms with Crippen molar-refractivity contribution in [1.29, 1.82) is 0 Å². The molecule has 0 aliphatic carbocycles. The summed E-state index contributed by atoms with van der Waals surface area (Å²) in [6.45, 7) is 8.21. The van der Waals surface area contributed by atoms with Crippen LogP contribution >= 0.6 is 0 Å². The van der Waals surface area contributed by atoms with E-state index in [1.54, 1.807) is 0 Å². The molecular weight excluding hydrogens is 258 g/mol. The lowest BCUT2D eigenvalue weighted by atomic mass is 9.83. The summed E-state index contributed by atoms with van der Waals surface area (Å²) in [6, 6.07) is 8.47. The largest absolute Gasteiger partial charge is 0.312 e. The average Bonchev–Trinajstić information content (AvgIpc) is 2.52. The van der Waals surface area contributed by atoms with Gasteiger partial charge in [-0.3, -0.25) is 4.79 Å². The van der Waals surface area contributed by atoms with Crippen molar-refractivity contribution in [3.05, 3.63) is 57.6 Å². The molecule has 0 saturated carbocycles. The lowest BCUT2D eigenvalue weighted by Crippen LogP contribution is -2.26.